The van der Waals surface area contributed by atoms with Crippen LogP contribution in [0.2, 0.25) is 0 Å². The summed E-state index contributed by atoms with van der Waals surface area (Å²) < 4.78 is 5.29. The molecule has 2 rings (SSSR count). The molecule has 0 spiro atoms. The van der Waals surface area contributed by atoms with Gasteiger partial charge in [0, 0.05) is 17.4 Å². The van der Waals surface area contributed by atoms with Gasteiger partial charge in [-0.05, 0) is 49.4 Å². The monoisotopic (exact) mass is 371 g/mol. The molecule has 5 heteroatoms. The number of amides is 1. The summed E-state index contributed by atoms with van der Waals surface area (Å²) in [4.78, 5) is 25.5. The van der Waals surface area contributed by atoms with Crippen molar-refractivity contribution in [3.63, 3.8) is 0 Å². The predicted octanol–water partition coefficient (Wildman–Crippen LogP) is 4.26. The van der Waals surface area contributed by atoms with Crippen molar-refractivity contribution in [3.8, 4) is 0 Å². The van der Waals surface area contributed by atoms with E-state index in [0.29, 0.717) is 12.1 Å². The molecule has 0 fully saturated rings. The zero-order valence-electron chi connectivity index (χ0n) is 15.4. The third kappa shape index (κ3) is 5.63. The fraction of sp³-hybridized carbons (Fsp3) is 0.333. The number of ether oxygens (including phenoxy) is 1. The number of benzene rings is 2. The highest BCUT2D eigenvalue weighted by Crippen LogP contribution is 2.18. The second-order valence-electron chi connectivity index (χ2n) is 6.04. The molecule has 4 nitrogen and oxygen atoms in total. The van der Waals surface area contributed by atoms with E-state index in [1.807, 2.05) is 36.6 Å². The molecule has 0 unspecified atom stereocenters. The van der Waals surface area contributed by atoms with E-state index in [4.69, 9.17) is 4.74 Å². The van der Waals surface area contributed by atoms with Crippen LogP contribution < -0.4 is 5.32 Å². The van der Waals surface area contributed by atoms with Crippen LogP contribution in [0.3, 0.4) is 0 Å². The maximum atomic E-state index is 12.3. The van der Waals surface area contributed by atoms with E-state index in [9.17, 15) is 9.59 Å². The van der Waals surface area contributed by atoms with Crippen molar-refractivity contribution in [2.75, 3.05) is 12.8 Å². The van der Waals surface area contributed by atoms with Gasteiger partial charge < -0.3 is 10.1 Å². The Labute approximate surface area is 159 Å². The zero-order valence-corrected chi connectivity index (χ0v) is 16.2. The number of esters is 1. The van der Waals surface area contributed by atoms with Gasteiger partial charge in [0.25, 0.3) is 5.91 Å². The molecule has 2 atom stereocenters. The topological polar surface area (TPSA) is 55.4 Å². The van der Waals surface area contributed by atoms with Crippen molar-refractivity contribution in [3.05, 3.63) is 65.7 Å². The Morgan fingerprint density at radius 3 is 2.31 bits per heavy atom. The molecular formula is C21H25NO3S. The van der Waals surface area contributed by atoms with Crippen molar-refractivity contribution in [2.45, 2.75) is 37.2 Å². The Morgan fingerprint density at radius 2 is 1.73 bits per heavy atom. The molecule has 0 aromatic heterocycles. The second kappa shape index (κ2) is 10.0. The third-order valence-corrected chi connectivity index (χ3v) is 5.01. The van der Waals surface area contributed by atoms with E-state index in [-0.39, 0.29) is 11.8 Å². The highest BCUT2D eigenvalue weighted by Gasteiger charge is 2.20. The van der Waals surface area contributed by atoms with E-state index >= 15 is 0 Å². The number of carbonyl (C=O) groups is 2. The van der Waals surface area contributed by atoms with Gasteiger partial charge in [0.05, 0.1) is 5.56 Å². The predicted molar refractivity (Wildman–Crippen MR) is 106 cm³/mol. The lowest BCUT2D eigenvalue weighted by atomic mass is 9.96. The standard InChI is InChI=1S/C21H25NO3S/c1-4-16(17-8-6-5-7-9-17)14-22-20(23)15(2)25-21(24)18-10-12-19(26-3)13-11-18/h5-13,15-16H,4,14H2,1-3H3,(H,22,23)/t15-,16-/m1/s1. The minimum absolute atomic E-state index is 0.238. The van der Waals surface area contributed by atoms with Crippen LogP contribution in [0.1, 0.15) is 42.1 Å². The molecule has 2 aromatic carbocycles. The summed E-state index contributed by atoms with van der Waals surface area (Å²) in [6, 6.07) is 17.2. The number of hydrogen-bond acceptors (Lipinski definition) is 4. The number of rotatable bonds is 8. The molecule has 0 aliphatic heterocycles. The number of thioether (sulfide) groups is 1. The Hall–Kier alpha value is -2.27. The minimum Gasteiger partial charge on any atom is -0.449 e. The van der Waals surface area contributed by atoms with Gasteiger partial charge in [-0.2, -0.15) is 0 Å². The molecule has 1 amide bonds. The van der Waals surface area contributed by atoms with Gasteiger partial charge in [-0.25, -0.2) is 4.79 Å². The molecule has 2 aromatic rings. The first-order chi connectivity index (χ1) is 12.5. The van der Waals surface area contributed by atoms with Crippen molar-refractivity contribution >= 4 is 23.6 Å². The van der Waals surface area contributed by atoms with E-state index < -0.39 is 12.1 Å². The van der Waals surface area contributed by atoms with Crippen LogP contribution in [-0.4, -0.2) is 30.8 Å². The van der Waals surface area contributed by atoms with Crippen LogP contribution >= 0.6 is 11.8 Å². The van der Waals surface area contributed by atoms with Crippen LogP contribution in [0, 0.1) is 0 Å². The molecular weight excluding hydrogens is 346 g/mol. The zero-order chi connectivity index (χ0) is 18.9. The largest absolute Gasteiger partial charge is 0.449 e. The summed E-state index contributed by atoms with van der Waals surface area (Å²) >= 11 is 1.60. The van der Waals surface area contributed by atoms with Crippen molar-refractivity contribution in [1.29, 1.82) is 0 Å². The molecule has 138 valence electrons. The first-order valence-electron chi connectivity index (χ1n) is 8.72. The van der Waals surface area contributed by atoms with Crippen molar-refractivity contribution in [2.24, 2.45) is 0 Å². The van der Waals surface area contributed by atoms with Crippen LogP contribution in [0.25, 0.3) is 0 Å². The van der Waals surface area contributed by atoms with Crippen LogP contribution in [0.15, 0.2) is 59.5 Å². The van der Waals surface area contributed by atoms with Gasteiger partial charge in [-0.3, -0.25) is 4.79 Å². The highest BCUT2D eigenvalue weighted by molar-refractivity contribution is 7.98. The maximum absolute atomic E-state index is 12.3. The SMILES string of the molecule is CC[C@H](CNC(=O)[C@@H](C)OC(=O)c1ccc(SC)cc1)c1ccccc1. The van der Waals surface area contributed by atoms with E-state index in [0.717, 1.165) is 11.3 Å². The highest BCUT2D eigenvalue weighted by atomic mass is 32.2. The normalized spacial score (nSPS) is 12.9. The van der Waals surface area contributed by atoms with Gasteiger partial charge in [-0.1, -0.05) is 37.3 Å². The van der Waals surface area contributed by atoms with Gasteiger partial charge in [0.2, 0.25) is 0 Å². The summed E-state index contributed by atoms with van der Waals surface area (Å²) in [5.41, 5.74) is 1.63. The molecule has 0 saturated carbocycles. The van der Waals surface area contributed by atoms with Crippen LogP contribution in [0.4, 0.5) is 0 Å². The van der Waals surface area contributed by atoms with Crippen LogP contribution in [0.5, 0.6) is 0 Å². The maximum Gasteiger partial charge on any atom is 0.338 e. The fourth-order valence-corrected chi connectivity index (χ4v) is 3.01. The molecule has 26 heavy (non-hydrogen) atoms. The molecule has 0 aliphatic rings. The lowest BCUT2D eigenvalue weighted by molar-refractivity contribution is -0.129. The second-order valence-corrected chi connectivity index (χ2v) is 6.92. The Bertz CT molecular complexity index is 716. The summed E-state index contributed by atoms with van der Waals surface area (Å²) in [6.07, 6.45) is 2.05. The van der Waals surface area contributed by atoms with Gasteiger partial charge in [0.15, 0.2) is 6.10 Å². The average molecular weight is 372 g/mol. The summed E-state index contributed by atoms with van der Waals surface area (Å²) in [7, 11) is 0. The third-order valence-electron chi connectivity index (χ3n) is 4.27. The summed E-state index contributed by atoms with van der Waals surface area (Å²) in [5.74, 6) is -0.536. The number of hydrogen-bond donors (Lipinski definition) is 1. The van der Waals surface area contributed by atoms with Gasteiger partial charge in [-0.15, -0.1) is 11.8 Å². The number of carbonyl (C=O) groups excluding carboxylic acids is 2. The molecule has 1 N–H and O–H groups in total. The minimum atomic E-state index is -0.837. The summed E-state index contributed by atoms with van der Waals surface area (Å²) in [5, 5.41) is 2.89. The number of nitrogens with one attached hydrogen (secondary N) is 1. The van der Waals surface area contributed by atoms with Gasteiger partial charge >= 0.3 is 5.97 Å². The first-order valence-corrected chi connectivity index (χ1v) is 9.95. The van der Waals surface area contributed by atoms with E-state index in [2.05, 4.69) is 24.4 Å². The lowest BCUT2D eigenvalue weighted by Gasteiger charge is -2.18. The first kappa shape index (κ1) is 20.0. The lowest BCUT2D eigenvalue weighted by Crippen LogP contribution is -2.38. The van der Waals surface area contributed by atoms with Crippen LogP contribution in [-0.2, 0) is 9.53 Å². The Kier molecular flexibility index (Phi) is 7.73. The van der Waals surface area contributed by atoms with Crippen molar-refractivity contribution in [1.82, 2.24) is 5.32 Å². The Morgan fingerprint density at radius 1 is 1.08 bits per heavy atom. The smallest absolute Gasteiger partial charge is 0.338 e. The molecule has 0 saturated heterocycles. The molecule has 0 aliphatic carbocycles. The van der Waals surface area contributed by atoms with E-state index in [1.165, 1.54) is 5.56 Å². The van der Waals surface area contributed by atoms with Gasteiger partial charge in [0.1, 0.15) is 0 Å². The quantitative estimate of drug-likeness (QED) is 0.556. The van der Waals surface area contributed by atoms with Crippen molar-refractivity contribution < 1.29 is 14.3 Å². The fourth-order valence-electron chi connectivity index (χ4n) is 2.60. The average Bonchev–Trinajstić information content (AvgIpc) is 2.69. The Balaban J connectivity index is 1.87. The molecule has 0 radical (unpaired) electrons. The molecule has 0 bridgehead atoms. The summed E-state index contributed by atoms with van der Waals surface area (Å²) in [6.45, 7) is 4.20. The molecule has 0 heterocycles. The van der Waals surface area contributed by atoms with E-state index in [1.54, 1.807) is 30.8 Å².